The molecule has 0 spiro atoms. The number of carbonyl (C=O) groups excluding carboxylic acids is 1. The van der Waals surface area contributed by atoms with E-state index in [1.807, 2.05) is 13.8 Å². The molecule has 0 fully saturated rings. The molecule has 1 N–H and O–H groups in total. The molecule has 0 aliphatic carbocycles. The third-order valence-electron chi connectivity index (χ3n) is 4.20. The van der Waals surface area contributed by atoms with Gasteiger partial charge < -0.3 is 14.8 Å². The van der Waals surface area contributed by atoms with E-state index in [9.17, 15) is 13.2 Å². The second-order valence-electron chi connectivity index (χ2n) is 8.30. The molecule has 32 heavy (non-hydrogen) atoms. The first-order chi connectivity index (χ1) is 15.0. The number of alkyl carbamates (subject to hydrolysis) is 1. The quantitative estimate of drug-likeness (QED) is 0.416. The number of carbonyl (C=O) groups is 1. The fraction of sp³-hybridized carbons (Fsp3) is 0.478. The van der Waals surface area contributed by atoms with Gasteiger partial charge in [-0.2, -0.15) is 8.42 Å². The topological polar surface area (TPSA) is 104 Å². The number of amides is 1. The van der Waals surface area contributed by atoms with E-state index in [2.05, 4.69) is 10.3 Å². The summed E-state index contributed by atoms with van der Waals surface area (Å²) in [6.45, 7) is 9.82. The van der Waals surface area contributed by atoms with Crippen molar-refractivity contribution in [3.63, 3.8) is 0 Å². The van der Waals surface area contributed by atoms with Crippen LogP contribution in [0.1, 0.15) is 51.1 Å². The van der Waals surface area contributed by atoms with E-state index in [-0.39, 0.29) is 11.5 Å². The second kappa shape index (κ2) is 11.3. The van der Waals surface area contributed by atoms with Crippen LogP contribution in [-0.4, -0.2) is 38.2 Å². The summed E-state index contributed by atoms with van der Waals surface area (Å²) in [5.74, 6) is 0.570. The van der Waals surface area contributed by atoms with Crippen molar-refractivity contribution in [3.05, 3.63) is 53.3 Å². The molecule has 1 amide bonds. The summed E-state index contributed by atoms with van der Waals surface area (Å²) in [5, 5.41) is 2.68. The first kappa shape index (κ1) is 25.6. The number of pyridine rings is 1. The van der Waals surface area contributed by atoms with Crippen molar-refractivity contribution in [3.8, 4) is 5.75 Å². The number of ether oxygens (including phenoxy) is 2. The Morgan fingerprint density at radius 2 is 1.75 bits per heavy atom. The molecule has 2 aromatic rings. The molecule has 0 aliphatic rings. The molecule has 1 heterocycles. The highest BCUT2D eigenvalue weighted by molar-refractivity contribution is 7.86. The number of hydrogen-bond donors (Lipinski definition) is 1. The highest BCUT2D eigenvalue weighted by Gasteiger charge is 2.17. The van der Waals surface area contributed by atoms with Crippen LogP contribution >= 0.6 is 0 Å². The SMILES string of the molecule is CCc1cc(OCCCNC(=O)OC(C)(C)C)cc(COS(=O)(=O)c2ccc(C)cc2)n1. The lowest BCUT2D eigenvalue weighted by atomic mass is 10.2. The number of benzene rings is 1. The maximum Gasteiger partial charge on any atom is 0.407 e. The Kier molecular flexibility index (Phi) is 9.03. The second-order valence-corrected chi connectivity index (χ2v) is 9.91. The van der Waals surface area contributed by atoms with Crippen molar-refractivity contribution in [1.82, 2.24) is 10.3 Å². The highest BCUT2D eigenvalue weighted by Crippen LogP contribution is 2.19. The summed E-state index contributed by atoms with van der Waals surface area (Å²) < 4.78 is 41.0. The summed E-state index contributed by atoms with van der Waals surface area (Å²) in [4.78, 5) is 16.2. The Morgan fingerprint density at radius 3 is 2.38 bits per heavy atom. The van der Waals surface area contributed by atoms with Gasteiger partial charge in [0.25, 0.3) is 10.1 Å². The average molecular weight is 465 g/mol. The number of rotatable bonds is 10. The van der Waals surface area contributed by atoms with Gasteiger partial charge in [-0.3, -0.25) is 9.17 Å². The summed E-state index contributed by atoms with van der Waals surface area (Å²) in [6.07, 6.45) is 0.773. The molecular formula is C23H32N2O6S. The normalized spacial score (nSPS) is 11.8. The minimum absolute atomic E-state index is 0.101. The molecule has 0 saturated carbocycles. The Bertz CT molecular complexity index is 998. The monoisotopic (exact) mass is 464 g/mol. The van der Waals surface area contributed by atoms with Gasteiger partial charge in [0.15, 0.2) is 0 Å². The van der Waals surface area contributed by atoms with Crippen LogP contribution in [0.5, 0.6) is 5.75 Å². The summed E-state index contributed by atoms with van der Waals surface area (Å²) >= 11 is 0. The molecular weight excluding hydrogens is 432 g/mol. The summed E-state index contributed by atoms with van der Waals surface area (Å²) in [6, 6.07) is 9.93. The van der Waals surface area contributed by atoms with Crippen LogP contribution in [0.25, 0.3) is 0 Å². The lowest BCUT2D eigenvalue weighted by Gasteiger charge is -2.19. The molecule has 9 heteroatoms. The van der Waals surface area contributed by atoms with Gasteiger partial charge in [0.2, 0.25) is 0 Å². The Labute approximate surface area is 190 Å². The van der Waals surface area contributed by atoms with Gasteiger partial charge in [-0.05, 0) is 52.7 Å². The molecule has 0 bridgehead atoms. The van der Waals surface area contributed by atoms with Crippen LogP contribution in [-0.2, 0) is 32.1 Å². The lowest BCUT2D eigenvalue weighted by molar-refractivity contribution is 0.0525. The fourth-order valence-corrected chi connectivity index (χ4v) is 3.52. The van der Waals surface area contributed by atoms with Gasteiger partial charge >= 0.3 is 6.09 Å². The fourth-order valence-electron chi connectivity index (χ4n) is 2.64. The van der Waals surface area contributed by atoms with Crippen molar-refractivity contribution in [1.29, 1.82) is 0 Å². The number of aryl methyl sites for hydroxylation is 2. The first-order valence-corrected chi connectivity index (χ1v) is 11.9. The molecule has 0 radical (unpaired) electrons. The Morgan fingerprint density at radius 1 is 1.09 bits per heavy atom. The standard InChI is InChI=1S/C23H32N2O6S/c1-6-18-14-20(29-13-7-12-24-22(26)31-23(3,4)5)15-19(25-18)16-30-32(27,28)21-10-8-17(2)9-11-21/h8-11,14-15H,6-7,12-13,16H2,1-5H3,(H,24,26). The van der Waals surface area contributed by atoms with Gasteiger partial charge in [0.05, 0.1) is 17.2 Å². The molecule has 1 aromatic heterocycles. The van der Waals surface area contributed by atoms with Crippen LogP contribution in [0, 0.1) is 6.92 Å². The third-order valence-corrected chi connectivity index (χ3v) is 5.47. The van der Waals surface area contributed by atoms with E-state index in [1.54, 1.807) is 45.0 Å². The van der Waals surface area contributed by atoms with E-state index in [1.165, 1.54) is 12.1 Å². The van der Waals surface area contributed by atoms with E-state index >= 15 is 0 Å². The molecule has 0 saturated heterocycles. The zero-order chi connectivity index (χ0) is 23.8. The van der Waals surface area contributed by atoms with Crippen LogP contribution in [0.4, 0.5) is 4.79 Å². The number of hydrogen-bond acceptors (Lipinski definition) is 7. The summed E-state index contributed by atoms with van der Waals surface area (Å²) in [5.41, 5.74) is 1.64. The molecule has 1 aromatic carbocycles. The van der Waals surface area contributed by atoms with E-state index in [4.69, 9.17) is 13.7 Å². The van der Waals surface area contributed by atoms with E-state index < -0.39 is 21.8 Å². The maximum atomic E-state index is 12.4. The maximum absolute atomic E-state index is 12.4. The van der Waals surface area contributed by atoms with Crippen LogP contribution in [0.15, 0.2) is 41.3 Å². The molecule has 2 rings (SSSR count). The van der Waals surface area contributed by atoms with Crippen LogP contribution < -0.4 is 10.1 Å². The smallest absolute Gasteiger partial charge is 0.407 e. The third kappa shape index (κ3) is 8.84. The highest BCUT2D eigenvalue weighted by atomic mass is 32.2. The molecule has 0 aliphatic heterocycles. The number of nitrogens with one attached hydrogen (secondary N) is 1. The minimum Gasteiger partial charge on any atom is -0.493 e. The van der Waals surface area contributed by atoms with Gasteiger partial charge in [-0.15, -0.1) is 0 Å². The van der Waals surface area contributed by atoms with Gasteiger partial charge in [-0.25, -0.2) is 4.79 Å². The zero-order valence-electron chi connectivity index (χ0n) is 19.3. The van der Waals surface area contributed by atoms with Crippen molar-refractivity contribution < 1.29 is 26.9 Å². The van der Waals surface area contributed by atoms with E-state index in [0.29, 0.717) is 37.4 Å². The zero-order valence-corrected chi connectivity index (χ0v) is 20.1. The van der Waals surface area contributed by atoms with Crippen LogP contribution in [0.3, 0.4) is 0 Å². The molecule has 8 nitrogen and oxygen atoms in total. The molecule has 176 valence electrons. The van der Waals surface area contributed by atoms with Gasteiger partial charge in [0, 0.05) is 24.4 Å². The molecule has 0 unspecified atom stereocenters. The Hall–Kier alpha value is -2.65. The number of aromatic nitrogens is 1. The first-order valence-electron chi connectivity index (χ1n) is 10.5. The van der Waals surface area contributed by atoms with Crippen molar-refractivity contribution >= 4 is 16.2 Å². The van der Waals surface area contributed by atoms with Crippen molar-refractivity contribution in [2.75, 3.05) is 13.2 Å². The van der Waals surface area contributed by atoms with Gasteiger partial charge in [-0.1, -0.05) is 24.6 Å². The van der Waals surface area contributed by atoms with E-state index in [0.717, 1.165) is 11.3 Å². The van der Waals surface area contributed by atoms with Gasteiger partial charge in [0.1, 0.15) is 18.0 Å². The molecule has 0 atom stereocenters. The minimum atomic E-state index is -3.89. The average Bonchev–Trinajstić information content (AvgIpc) is 2.71. The van der Waals surface area contributed by atoms with Crippen molar-refractivity contribution in [2.45, 2.75) is 64.6 Å². The largest absolute Gasteiger partial charge is 0.493 e. The van der Waals surface area contributed by atoms with Crippen molar-refractivity contribution in [2.24, 2.45) is 0 Å². The Balaban J connectivity index is 1.90. The number of nitrogens with zero attached hydrogens (tertiary/aromatic N) is 1. The predicted octanol–water partition coefficient (Wildman–Crippen LogP) is 4.15. The van der Waals surface area contributed by atoms with Crippen LogP contribution in [0.2, 0.25) is 0 Å². The summed E-state index contributed by atoms with van der Waals surface area (Å²) in [7, 11) is -3.89. The predicted molar refractivity (Wildman–Crippen MR) is 121 cm³/mol. The lowest BCUT2D eigenvalue weighted by Crippen LogP contribution is -2.33.